The molecule has 0 aromatic carbocycles. The predicted molar refractivity (Wildman–Crippen MR) is 88.9 cm³/mol. The summed E-state index contributed by atoms with van der Waals surface area (Å²) in [7, 11) is 0. The van der Waals surface area contributed by atoms with Gasteiger partial charge in [-0.2, -0.15) is 0 Å². The monoisotopic (exact) mass is 320 g/mol. The molecule has 5 heteroatoms. The van der Waals surface area contributed by atoms with Crippen LogP contribution in [0.2, 0.25) is 0 Å². The lowest BCUT2D eigenvalue weighted by Crippen LogP contribution is -2.15. The van der Waals surface area contributed by atoms with Crippen LogP contribution in [0.4, 0.5) is 0 Å². The third-order valence-electron chi connectivity index (χ3n) is 3.42. The Morgan fingerprint density at radius 3 is 1.41 bits per heavy atom. The molecule has 0 fully saturated rings. The van der Waals surface area contributed by atoms with Gasteiger partial charge in [-0.15, -0.1) is 0 Å². The number of aliphatic carboxylic acids is 1. The highest BCUT2D eigenvalue weighted by atomic mass is 16.4. The Hall–Kier alpha value is -0.650. The van der Waals surface area contributed by atoms with Crippen LogP contribution >= 0.6 is 0 Å². The maximum atomic E-state index is 10.3. The molecule has 22 heavy (non-hydrogen) atoms. The first-order valence-electron chi connectivity index (χ1n) is 8.70. The van der Waals surface area contributed by atoms with E-state index in [1.165, 1.54) is 57.8 Å². The van der Waals surface area contributed by atoms with Crippen LogP contribution in [0.25, 0.3) is 0 Å². The van der Waals surface area contributed by atoms with Gasteiger partial charge in [0.25, 0.3) is 0 Å². The van der Waals surface area contributed by atoms with E-state index in [1.807, 2.05) is 0 Å². The number of carbonyl (C=O) groups is 1. The van der Waals surface area contributed by atoms with Crippen molar-refractivity contribution >= 4 is 5.97 Å². The number of unbranched alkanes of at least 4 members (excludes halogenated alkanes) is 10. The van der Waals surface area contributed by atoms with Crippen molar-refractivity contribution in [2.24, 2.45) is 0 Å². The maximum Gasteiger partial charge on any atom is 0.303 e. The number of aliphatic hydroxyl groups excluding tert-OH is 3. The average Bonchev–Trinajstić information content (AvgIpc) is 2.52. The van der Waals surface area contributed by atoms with Gasteiger partial charge < -0.3 is 20.4 Å². The van der Waals surface area contributed by atoms with Gasteiger partial charge in [0.2, 0.25) is 0 Å². The number of hydrogen-bond donors (Lipinski definition) is 4. The number of carboxylic acid groups (broad SMARTS) is 1. The molecule has 0 atom stereocenters. The molecule has 0 bridgehead atoms. The van der Waals surface area contributed by atoms with Gasteiger partial charge >= 0.3 is 5.97 Å². The second kappa shape index (κ2) is 20.3. The van der Waals surface area contributed by atoms with Crippen molar-refractivity contribution in [3.63, 3.8) is 0 Å². The fraction of sp³-hybridized carbons (Fsp3) is 0.941. The normalized spacial score (nSPS) is 10.4. The molecule has 0 radical (unpaired) electrons. The van der Waals surface area contributed by atoms with Gasteiger partial charge in [0.05, 0.1) is 13.2 Å². The summed E-state index contributed by atoms with van der Waals surface area (Å²) in [4.78, 5) is 10.3. The van der Waals surface area contributed by atoms with Gasteiger partial charge in [-0.1, -0.05) is 71.1 Å². The molecule has 0 spiro atoms. The number of rotatable bonds is 14. The van der Waals surface area contributed by atoms with E-state index in [2.05, 4.69) is 6.92 Å². The van der Waals surface area contributed by atoms with Crippen molar-refractivity contribution in [1.29, 1.82) is 0 Å². The highest BCUT2D eigenvalue weighted by Gasteiger charge is 1.96. The molecular weight excluding hydrogens is 284 g/mol. The third kappa shape index (κ3) is 24.4. The topological polar surface area (TPSA) is 98.0 Å². The second-order valence-corrected chi connectivity index (χ2v) is 5.70. The number of carboxylic acids is 1. The Labute approximate surface area is 135 Å². The molecule has 0 aromatic rings. The molecule has 0 aliphatic carbocycles. The molecule has 0 aliphatic heterocycles. The van der Waals surface area contributed by atoms with E-state index < -0.39 is 12.1 Å². The lowest BCUT2D eigenvalue weighted by Gasteiger charge is -2.01. The van der Waals surface area contributed by atoms with Gasteiger partial charge in [0, 0.05) is 6.42 Å². The van der Waals surface area contributed by atoms with E-state index in [9.17, 15) is 4.79 Å². The number of aliphatic hydroxyl groups is 3. The van der Waals surface area contributed by atoms with Crippen LogP contribution in [0, 0.1) is 0 Å². The molecule has 0 saturated carbocycles. The first-order chi connectivity index (χ1) is 10.6. The average molecular weight is 320 g/mol. The highest BCUT2D eigenvalue weighted by molar-refractivity contribution is 5.66. The van der Waals surface area contributed by atoms with Crippen molar-refractivity contribution in [3.05, 3.63) is 0 Å². The molecule has 0 aliphatic rings. The predicted octanol–water partition coefficient (Wildman–Crippen LogP) is 3.10. The lowest BCUT2D eigenvalue weighted by molar-refractivity contribution is -0.137. The smallest absolute Gasteiger partial charge is 0.303 e. The third-order valence-corrected chi connectivity index (χ3v) is 3.42. The lowest BCUT2D eigenvalue weighted by atomic mass is 10.1. The van der Waals surface area contributed by atoms with Gasteiger partial charge in [-0.3, -0.25) is 4.79 Å². The molecule has 134 valence electrons. The van der Waals surface area contributed by atoms with E-state index in [-0.39, 0.29) is 13.2 Å². The molecule has 0 rings (SSSR count). The van der Waals surface area contributed by atoms with Gasteiger partial charge in [-0.05, 0) is 6.42 Å². The van der Waals surface area contributed by atoms with Gasteiger partial charge in [-0.25, -0.2) is 0 Å². The fourth-order valence-corrected chi connectivity index (χ4v) is 2.00. The van der Waals surface area contributed by atoms with Crippen LogP contribution in [0.1, 0.15) is 84.0 Å². The Bertz CT molecular complexity index is 217. The minimum atomic E-state index is -0.954. The van der Waals surface area contributed by atoms with Crippen molar-refractivity contribution in [1.82, 2.24) is 0 Å². The Kier molecular flexibility index (Phi) is 21.8. The van der Waals surface area contributed by atoms with E-state index in [0.29, 0.717) is 6.42 Å². The summed E-state index contributed by atoms with van der Waals surface area (Å²) in [6.07, 6.45) is 13.4. The van der Waals surface area contributed by atoms with Crippen LogP contribution in [0.15, 0.2) is 0 Å². The fourth-order valence-electron chi connectivity index (χ4n) is 2.00. The SMILES string of the molecule is CCCCCCCCCCCCCC(=O)O.OCC(O)CO. The van der Waals surface area contributed by atoms with Crippen LogP contribution in [-0.4, -0.2) is 45.7 Å². The first kappa shape index (κ1) is 23.6. The van der Waals surface area contributed by atoms with Crippen molar-refractivity contribution in [2.45, 2.75) is 90.1 Å². The molecule has 0 unspecified atom stereocenters. The van der Waals surface area contributed by atoms with Crippen molar-refractivity contribution < 1.29 is 25.2 Å². The van der Waals surface area contributed by atoms with Crippen LogP contribution in [0.3, 0.4) is 0 Å². The highest BCUT2D eigenvalue weighted by Crippen LogP contribution is 2.11. The Balaban J connectivity index is 0. The Morgan fingerprint density at radius 2 is 1.14 bits per heavy atom. The molecule has 4 N–H and O–H groups in total. The van der Waals surface area contributed by atoms with Gasteiger partial charge in [0.15, 0.2) is 0 Å². The maximum absolute atomic E-state index is 10.3. The van der Waals surface area contributed by atoms with E-state index in [4.69, 9.17) is 20.4 Å². The van der Waals surface area contributed by atoms with Crippen LogP contribution in [-0.2, 0) is 4.79 Å². The van der Waals surface area contributed by atoms with Crippen molar-refractivity contribution in [2.75, 3.05) is 13.2 Å². The standard InChI is InChI=1S/C14H28O2.C3H8O3/c1-2-3-4-5-6-7-8-9-10-11-12-13-14(15)16;4-1-3(6)2-5/h2-13H2,1H3,(H,15,16);3-6H,1-2H2. The van der Waals surface area contributed by atoms with E-state index >= 15 is 0 Å². The first-order valence-corrected chi connectivity index (χ1v) is 8.70. The number of hydrogen-bond acceptors (Lipinski definition) is 4. The van der Waals surface area contributed by atoms with Gasteiger partial charge in [0.1, 0.15) is 6.10 Å². The molecule has 0 amide bonds. The summed E-state index contributed by atoms with van der Waals surface area (Å²) < 4.78 is 0. The summed E-state index contributed by atoms with van der Waals surface area (Å²) >= 11 is 0. The molecule has 5 nitrogen and oxygen atoms in total. The summed E-state index contributed by atoms with van der Waals surface area (Å²) in [5.74, 6) is -0.657. The zero-order valence-electron chi connectivity index (χ0n) is 14.2. The minimum Gasteiger partial charge on any atom is -0.481 e. The largest absolute Gasteiger partial charge is 0.481 e. The Morgan fingerprint density at radius 1 is 0.773 bits per heavy atom. The molecular formula is C17H36O5. The summed E-state index contributed by atoms with van der Waals surface area (Å²) in [6, 6.07) is 0. The molecule has 0 saturated heterocycles. The van der Waals surface area contributed by atoms with Crippen LogP contribution in [0.5, 0.6) is 0 Å². The minimum absolute atomic E-state index is 0.344. The summed E-state index contributed by atoms with van der Waals surface area (Å²) in [6.45, 7) is 1.52. The van der Waals surface area contributed by atoms with E-state index in [0.717, 1.165) is 12.8 Å². The second-order valence-electron chi connectivity index (χ2n) is 5.70. The molecule has 0 heterocycles. The molecule has 0 aromatic heterocycles. The zero-order chi connectivity index (χ0) is 17.1. The summed E-state index contributed by atoms with van der Waals surface area (Å²) in [5.41, 5.74) is 0. The van der Waals surface area contributed by atoms with Crippen molar-refractivity contribution in [3.8, 4) is 0 Å². The van der Waals surface area contributed by atoms with Crippen LogP contribution < -0.4 is 0 Å². The van der Waals surface area contributed by atoms with E-state index in [1.54, 1.807) is 0 Å². The zero-order valence-corrected chi connectivity index (χ0v) is 14.2. The summed E-state index contributed by atoms with van der Waals surface area (Å²) in [5, 5.41) is 32.5. The quantitative estimate of drug-likeness (QED) is 0.369.